The van der Waals surface area contributed by atoms with E-state index < -0.39 is 6.10 Å². The Labute approximate surface area is 88.0 Å². The molecule has 1 aromatic rings. The van der Waals surface area contributed by atoms with E-state index in [1.165, 1.54) is 13.4 Å². The Kier molecular flexibility index (Phi) is 4.33. The molecule has 0 spiro atoms. The largest absolute Gasteiger partial charge is 0.469 e. The van der Waals surface area contributed by atoms with Crippen molar-refractivity contribution in [1.82, 2.24) is 5.32 Å². The molecule has 1 unspecified atom stereocenters. The van der Waals surface area contributed by atoms with Crippen molar-refractivity contribution in [2.75, 3.05) is 20.3 Å². The van der Waals surface area contributed by atoms with Crippen LogP contribution in [0.1, 0.15) is 16.1 Å². The molecule has 0 bridgehead atoms. The molecule has 0 fully saturated rings. The van der Waals surface area contributed by atoms with Crippen LogP contribution < -0.4 is 5.32 Å². The number of aryl methyl sites for hydroxylation is 1. The maximum Gasteiger partial charge on any atom is 0.254 e. The first kappa shape index (κ1) is 11.7. The van der Waals surface area contributed by atoms with Crippen LogP contribution in [0.2, 0.25) is 0 Å². The van der Waals surface area contributed by atoms with E-state index in [2.05, 4.69) is 5.32 Å². The van der Waals surface area contributed by atoms with Crippen LogP contribution in [-0.4, -0.2) is 37.4 Å². The number of ether oxygens (including phenoxy) is 1. The lowest BCUT2D eigenvalue weighted by atomic mass is 10.2. The van der Waals surface area contributed by atoms with E-state index in [-0.39, 0.29) is 19.1 Å². The zero-order valence-electron chi connectivity index (χ0n) is 8.82. The van der Waals surface area contributed by atoms with Crippen molar-refractivity contribution in [3.8, 4) is 0 Å². The number of hydrogen-bond donors (Lipinski definition) is 2. The van der Waals surface area contributed by atoms with Crippen LogP contribution in [0.4, 0.5) is 0 Å². The van der Waals surface area contributed by atoms with Gasteiger partial charge in [0.1, 0.15) is 5.76 Å². The number of aliphatic hydroxyl groups is 1. The van der Waals surface area contributed by atoms with Gasteiger partial charge in [0.2, 0.25) is 0 Å². The number of nitrogens with one attached hydrogen (secondary N) is 1. The lowest BCUT2D eigenvalue weighted by Gasteiger charge is -2.10. The maximum atomic E-state index is 11.5. The summed E-state index contributed by atoms with van der Waals surface area (Å²) in [7, 11) is 1.49. The molecule has 1 atom stereocenters. The lowest BCUT2D eigenvalue weighted by molar-refractivity contribution is 0.0609. The third-order valence-electron chi connectivity index (χ3n) is 1.96. The van der Waals surface area contributed by atoms with Gasteiger partial charge in [-0.3, -0.25) is 4.79 Å². The number of rotatable bonds is 5. The van der Waals surface area contributed by atoms with Gasteiger partial charge in [-0.15, -0.1) is 0 Å². The highest BCUT2D eigenvalue weighted by atomic mass is 16.5. The summed E-state index contributed by atoms with van der Waals surface area (Å²) in [5, 5.41) is 11.9. The maximum absolute atomic E-state index is 11.5. The zero-order chi connectivity index (χ0) is 11.3. The molecular weight excluding hydrogens is 198 g/mol. The average molecular weight is 213 g/mol. The van der Waals surface area contributed by atoms with Gasteiger partial charge in [0.05, 0.1) is 24.5 Å². The number of hydrogen-bond acceptors (Lipinski definition) is 4. The fourth-order valence-corrected chi connectivity index (χ4v) is 1.18. The molecule has 84 valence electrons. The van der Waals surface area contributed by atoms with Crippen molar-refractivity contribution >= 4 is 5.91 Å². The molecule has 5 nitrogen and oxygen atoms in total. The van der Waals surface area contributed by atoms with E-state index in [4.69, 9.17) is 9.15 Å². The first-order valence-electron chi connectivity index (χ1n) is 4.64. The van der Waals surface area contributed by atoms with Gasteiger partial charge in [-0.1, -0.05) is 0 Å². The summed E-state index contributed by atoms with van der Waals surface area (Å²) < 4.78 is 9.72. The van der Waals surface area contributed by atoms with E-state index in [1.807, 2.05) is 0 Å². The highest BCUT2D eigenvalue weighted by Gasteiger charge is 2.12. The summed E-state index contributed by atoms with van der Waals surface area (Å²) in [4.78, 5) is 11.5. The minimum absolute atomic E-state index is 0.164. The normalized spacial score (nSPS) is 12.5. The molecule has 0 aliphatic rings. The molecule has 0 radical (unpaired) electrons. The Morgan fingerprint density at radius 2 is 2.47 bits per heavy atom. The quantitative estimate of drug-likeness (QED) is 0.739. The number of carbonyl (C=O) groups excluding carboxylic acids is 1. The number of aliphatic hydroxyl groups excluding tert-OH is 1. The van der Waals surface area contributed by atoms with Crippen LogP contribution >= 0.6 is 0 Å². The van der Waals surface area contributed by atoms with Gasteiger partial charge in [0.25, 0.3) is 5.91 Å². The molecule has 0 saturated heterocycles. The summed E-state index contributed by atoms with van der Waals surface area (Å²) in [6, 6.07) is 1.59. The molecule has 15 heavy (non-hydrogen) atoms. The highest BCUT2D eigenvalue weighted by Crippen LogP contribution is 2.07. The lowest BCUT2D eigenvalue weighted by Crippen LogP contribution is -2.34. The molecule has 0 aliphatic carbocycles. The SMILES string of the molecule is COCC(O)CNC(=O)c1ccoc1C. The summed E-state index contributed by atoms with van der Waals surface area (Å²) >= 11 is 0. The minimum Gasteiger partial charge on any atom is -0.469 e. The summed E-state index contributed by atoms with van der Waals surface area (Å²) in [5.41, 5.74) is 0.486. The first-order chi connectivity index (χ1) is 7.15. The molecule has 5 heteroatoms. The van der Waals surface area contributed by atoms with Gasteiger partial charge in [-0.05, 0) is 13.0 Å². The van der Waals surface area contributed by atoms with Crippen molar-refractivity contribution in [2.45, 2.75) is 13.0 Å². The van der Waals surface area contributed by atoms with Gasteiger partial charge < -0.3 is 19.6 Å². The second kappa shape index (κ2) is 5.53. The van der Waals surface area contributed by atoms with Gasteiger partial charge in [0.15, 0.2) is 0 Å². The molecule has 1 aromatic heterocycles. The Balaban J connectivity index is 2.40. The van der Waals surface area contributed by atoms with E-state index >= 15 is 0 Å². The molecule has 0 aromatic carbocycles. The predicted octanol–water partition coefficient (Wildman–Crippen LogP) is 0.325. The second-order valence-electron chi connectivity index (χ2n) is 3.21. The van der Waals surface area contributed by atoms with Gasteiger partial charge in [-0.2, -0.15) is 0 Å². The monoisotopic (exact) mass is 213 g/mol. The summed E-state index contributed by atoms with van der Waals surface area (Å²) in [6.07, 6.45) is 0.765. The van der Waals surface area contributed by atoms with Crippen LogP contribution in [-0.2, 0) is 4.74 Å². The first-order valence-corrected chi connectivity index (χ1v) is 4.64. The molecule has 2 N–H and O–H groups in total. The highest BCUT2D eigenvalue weighted by molar-refractivity contribution is 5.95. The van der Waals surface area contributed by atoms with Crippen LogP contribution in [0.25, 0.3) is 0 Å². The van der Waals surface area contributed by atoms with Gasteiger partial charge in [-0.25, -0.2) is 0 Å². The Morgan fingerprint density at radius 1 is 1.73 bits per heavy atom. The second-order valence-corrected chi connectivity index (χ2v) is 3.21. The number of carbonyl (C=O) groups is 1. The van der Waals surface area contributed by atoms with Crippen molar-refractivity contribution in [1.29, 1.82) is 0 Å². The standard InChI is InChI=1S/C10H15NO4/c1-7-9(3-4-15-7)10(13)11-5-8(12)6-14-2/h3-4,8,12H,5-6H2,1-2H3,(H,11,13). The van der Waals surface area contributed by atoms with E-state index in [0.717, 1.165) is 0 Å². The molecule has 0 aliphatic heterocycles. The third-order valence-corrected chi connectivity index (χ3v) is 1.96. The topological polar surface area (TPSA) is 71.7 Å². The zero-order valence-corrected chi connectivity index (χ0v) is 8.82. The number of furan rings is 1. The van der Waals surface area contributed by atoms with E-state index in [1.54, 1.807) is 13.0 Å². The Hall–Kier alpha value is -1.33. The van der Waals surface area contributed by atoms with Crippen LogP contribution in [0.3, 0.4) is 0 Å². The molecule has 1 rings (SSSR count). The summed E-state index contributed by atoms with van der Waals surface area (Å²) in [6.45, 7) is 2.07. The molecule has 1 heterocycles. The van der Waals surface area contributed by atoms with Gasteiger partial charge in [0, 0.05) is 13.7 Å². The van der Waals surface area contributed by atoms with Crippen LogP contribution in [0.5, 0.6) is 0 Å². The molecule has 1 amide bonds. The van der Waals surface area contributed by atoms with Crippen LogP contribution in [0.15, 0.2) is 16.7 Å². The van der Waals surface area contributed by atoms with Crippen molar-refractivity contribution in [3.63, 3.8) is 0 Å². The Bertz CT molecular complexity index is 321. The van der Waals surface area contributed by atoms with Gasteiger partial charge >= 0.3 is 0 Å². The minimum atomic E-state index is -0.689. The molecular formula is C10H15NO4. The number of amides is 1. The van der Waals surface area contributed by atoms with Crippen molar-refractivity contribution < 1.29 is 19.1 Å². The average Bonchev–Trinajstić information content (AvgIpc) is 2.61. The van der Waals surface area contributed by atoms with E-state index in [9.17, 15) is 9.90 Å². The third kappa shape index (κ3) is 3.38. The smallest absolute Gasteiger partial charge is 0.254 e. The van der Waals surface area contributed by atoms with Crippen LogP contribution in [0, 0.1) is 6.92 Å². The van der Waals surface area contributed by atoms with Crippen molar-refractivity contribution in [2.24, 2.45) is 0 Å². The predicted molar refractivity (Wildman–Crippen MR) is 53.7 cm³/mol. The number of methoxy groups -OCH3 is 1. The van der Waals surface area contributed by atoms with E-state index in [0.29, 0.717) is 11.3 Å². The molecule has 0 saturated carbocycles. The Morgan fingerprint density at radius 3 is 3.00 bits per heavy atom. The fraction of sp³-hybridized carbons (Fsp3) is 0.500. The fourth-order valence-electron chi connectivity index (χ4n) is 1.18. The van der Waals surface area contributed by atoms with Crippen molar-refractivity contribution in [3.05, 3.63) is 23.7 Å². The summed E-state index contributed by atoms with van der Waals surface area (Å²) in [5.74, 6) is 0.310.